The zero-order valence-electron chi connectivity index (χ0n) is 8.59. The normalized spacial score (nSPS) is 18.8. The number of hydrogen-bond acceptors (Lipinski definition) is 3. The molecule has 0 amide bonds. The van der Waals surface area contributed by atoms with Crippen molar-refractivity contribution >= 4 is 0 Å². The van der Waals surface area contributed by atoms with Crippen LogP contribution in [-0.2, 0) is 9.47 Å². The molecule has 0 aliphatic heterocycles. The zero-order chi connectivity index (χ0) is 9.61. The second-order valence-corrected chi connectivity index (χ2v) is 3.17. The molecule has 0 rings (SSSR count). The molecular weight excluding hydrogens is 154 g/mol. The number of rotatable bonds is 6. The van der Waals surface area contributed by atoms with Gasteiger partial charge in [0.1, 0.15) is 0 Å². The van der Waals surface area contributed by atoms with Gasteiger partial charge in [-0.25, -0.2) is 0 Å². The van der Waals surface area contributed by atoms with Crippen molar-refractivity contribution in [3.8, 4) is 0 Å². The van der Waals surface area contributed by atoms with E-state index in [0.717, 1.165) is 12.8 Å². The minimum Gasteiger partial charge on any atom is -0.353 e. The van der Waals surface area contributed by atoms with Crippen LogP contribution in [0.3, 0.4) is 0 Å². The van der Waals surface area contributed by atoms with Gasteiger partial charge in [-0.3, -0.25) is 0 Å². The average Bonchev–Trinajstić information content (AvgIpc) is 2.13. The predicted octanol–water partition coefficient (Wildman–Crippen LogP) is 1.51. The average molecular weight is 175 g/mol. The summed E-state index contributed by atoms with van der Waals surface area (Å²) in [6.07, 6.45) is 1.77. The number of nitrogens with two attached hydrogens (primary N) is 1. The fourth-order valence-electron chi connectivity index (χ4n) is 0.706. The lowest BCUT2D eigenvalue weighted by Crippen LogP contribution is -2.36. The molecule has 12 heavy (non-hydrogen) atoms. The van der Waals surface area contributed by atoms with Gasteiger partial charge in [0.05, 0.1) is 6.61 Å². The first-order valence-electron chi connectivity index (χ1n) is 4.52. The molecule has 0 aromatic carbocycles. The Morgan fingerprint density at radius 2 is 2.00 bits per heavy atom. The Bertz CT molecular complexity index is 113. The van der Waals surface area contributed by atoms with Gasteiger partial charge in [0, 0.05) is 13.2 Å². The first-order chi connectivity index (χ1) is 5.58. The molecule has 3 heteroatoms. The van der Waals surface area contributed by atoms with E-state index in [9.17, 15) is 0 Å². The van der Waals surface area contributed by atoms with E-state index < -0.39 is 5.79 Å². The van der Waals surface area contributed by atoms with Crippen molar-refractivity contribution < 1.29 is 9.47 Å². The first kappa shape index (κ1) is 11.9. The summed E-state index contributed by atoms with van der Waals surface area (Å²) in [6.45, 7) is 6.56. The van der Waals surface area contributed by atoms with E-state index in [2.05, 4.69) is 0 Å². The molecule has 0 heterocycles. The van der Waals surface area contributed by atoms with Crippen molar-refractivity contribution in [1.29, 1.82) is 0 Å². The molecule has 74 valence electrons. The summed E-state index contributed by atoms with van der Waals surface area (Å²) < 4.78 is 10.7. The summed E-state index contributed by atoms with van der Waals surface area (Å²) in [4.78, 5) is 0. The van der Waals surface area contributed by atoms with E-state index in [-0.39, 0.29) is 6.04 Å². The monoisotopic (exact) mass is 175 g/mol. The quantitative estimate of drug-likeness (QED) is 0.622. The number of hydrogen-bond donors (Lipinski definition) is 1. The van der Waals surface area contributed by atoms with Crippen LogP contribution in [0.15, 0.2) is 0 Å². The molecule has 0 aliphatic carbocycles. The van der Waals surface area contributed by atoms with E-state index in [1.807, 2.05) is 20.8 Å². The van der Waals surface area contributed by atoms with Gasteiger partial charge in [-0.15, -0.1) is 0 Å². The Hall–Kier alpha value is -0.120. The molecule has 3 nitrogen and oxygen atoms in total. The molecule has 2 unspecified atom stereocenters. The van der Waals surface area contributed by atoms with E-state index >= 15 is 0 Å². The smallest absolute Gasteiger partial charge is 0.164 e. The van der Waals surface area contributed by atoms with Crippen molar-refractivity contribution in [3.05, 3.63) is 0 Å². The van der Waals surface area contributed by atoms with Crippen LogP contribution >= 0.6 is 0 Å². The molecular formula is C9H21NO2. The maximum absolute atomic E-state index is 5.71. The van der Waals surface area contributed by atoms with Gasteiger partial charge >= 0.3 is 0 Å². The molecule has 2 N–H and O–H groups in total. The van der Waals surface area contributed by atoms with E-state index in [4.69, 9.17) is 15.2 Å². The van der Waals surface area contributed by atoms with Gasteiger partial charge < -0.3 is 15.2 Å². The maximum atomic E-state index is 5.71. The molecule has 0 spiro atoms. The third kappa shape index (κ3) is 4.04. The van der Waals surface area contributed by atoms with Crippen LogP contribution in [0.2, 0.25) is 0 Å². The molecule has 0 aliphatic rings. The topological polar surface area (TPSA) is 44.5 Å². The molecule has 0 radical (unpaired) electrons. The Morgan fingerprint density at radius 1 is 1.42 bits per heavy atom. The van der Waals surface area contributed by atoms with Crippen LogP contribution in [0, 0.1) is 0 Å². The third-order valence-electron chi connectivity index (χ3n) is 2.20. The maximum Gasteiger partial charge on any atom is 0.164 e. The highest BCUT2D eigenvalue weighted by atomic mass is 16.7. The van der Waals surface area contributed by atoms with Gasteiger partial charge in [0.25, 0.3) is 0 Å². The third-order valence-corrected chi connectivity index (χ3v) is 2.20. The Morgan fingerprint density at radius 3 is 2.33 bits per heavy atom. The minimum absolute atomic E-state index is 0.117. The Labute approximate surface area is 75.2 Å². The summed E-state index contributed by atoms with van der Waals surface area (Å²) in [5.74, 6) is -0.465. The van der Waals surface area contributed by atoms with Gasteiger partial charge in [0.2, 0.25) is 0 Å². The lowest BCUT2D eigenvalue weighted by molar-refractivity contribution is -0.213. The summed E-state index contributed by atoms with van der Waals surface area (Å²) in [5, 5.41) is 0. The van der Waals surface area contributed by atoms with Crippen molar-refractivity contribution in [1.82, 2.24) is 0 Å². The van der Waals surface area contributed by atoms with Gasteiger partial charge in [0.15, 0.2) is 5.79 Å². The molecule has 0 fully saturated rings. The van der Waals surface area contributed by atoms with Crippen LogP contribution in [-0.4, -0.2) is 25.5 Å². The van der Waals surface area contributed by atoms with Crippen molar-refractivity contribution in [2.45, 2.75) is 45.4 Å². The van der Waals surface area contributed by atoms with Crippen molar-refractivity contribution in [2.24, 2.45) is 5.73 Å². The number of methoxy groups -OCH3 is 1. The second kappa shape index (κ2) is 5.51. The summed E-state index contributed by atoms with van der Waals surface area (Å²) >= 11 is 0. The summed E-state index contributed by atoms with van der Waals surface area (Å²) in [6, 6.07) is 0.117. The highest BCUT2D eigenvalue weighted by Gasteiger charge is 2.21. The fourth-order valence-corrected chi connectivity index (χ4v) is 0.706. The first-order valence-corrected chi connectivity index (χ1v) is 4.52. The molecule has 0 aromatic heterocycles. The van der Waals surface area contributed by atoms with Crippen molar-refractivity contribution in [3.63, 3.8) is 0 Å². The molecule has 0 saturated heterocycles. The van der Waals surface area contributed by atoms with E-state index in [0.29, 0.717) is 6.61 Å². The summed E-state index contributed by atoms with van der Waals surface area (Å²) in [7, 11) is 1.65. The number of ether oxygens (including phenoxy) is 2. The molecule has 0 saturated carbocycles. The van der Waals surface area contributed by atoms with Crippen molar-refractivity contribution in [2.75, 3.05) is 13.7 Å². The predicted molar refractivity (Wildman–Crippen MR) is 49.9 cm³/mol. The van der Waals surface area contributed by atoms with Gasteiger partial charge in [-0.05, 0) is 19.8 Å². The largest absolute Gasteiger partial charge is 0.353 e. The van der Waals surface area contributed by atoms with E-state index in [1.165, 1.54) is 0 Å². The lowest BCUT2D eigenvalue weighted by atomic mass is 10.2. The Kier molecular flexibility index (Phi) is 5.46. The SMILES string of the molecule is CCC(N)COC(C)(CC)OC. The van der Waals surface area contributed by atoms with Crippen LogP contribution in [0.25, 0.3) is 0 Å². The highest BCUT2D eigenvalue weighted by molar-refractivity contribution is 4.63. The second-order valence-electron chi connectivity index (χ2n) is 3.17. The zero-order valence-corrected chi connectivity index (χ0v) is 8.59. The highest BCUT2D eigenvalue weighted by Crippen LogP contribution is 2.15. The van der Waals surface area contributed by atoms with Crippen LogP contribution in [0.4, 0.5) is 0 Å². The van der Waals surface area contributed by atoms with Gasteiger partial charge in [-0.1, -0.05) is 13.8 Å². The molecule has 0 bridgehead atoms. The Balaban J connectivity index is 3.72. The lowest BCUT2D eigenvalue weighted by Gasteiger charge is -2.28. The minimum atomic E-state index is -0.465. The van der Waals surface area contributed by atoms with Crippen LogP contribution in [0.5, 0.6) is 0 Å². The molecule has 0 aromatic rings. The standard InChI is InChI=1S/C9H21NO2/c1-5-8(10)7-12-9(3,6-2)11-4/h8H,5-7,10H2,1-4H3. The molecule has 2 atom stereocenters. The van der Waals surface area contributed by atoms with Crippen LogP contribution in [0.1, 0.15) is 33.6 Å². The summed E-state index contributed by atoms with van der Waals surface area (Å²) in [5.41, 5.74) is 5.71. The van der Waals surface area contributed by atoms with Gasteiger partial charge in [-0.2, -0.15) is 0 Å². The fraction of sp³-hybridized carbons (Fsp3) is 1.00. The van der Waals surface area contributed by atoms with Crippen LogP contribution < -0.4 is 5.73 Å². The van der Waals surface area contributed by atoms with E-state index in [1.54, 1.807) is 7.11 Å².